The Hall–Kier alpha value is -3.61. The van der Waals surface area contributed by atoms with Gasteiger partial charge in [-0.3, -0.25) is 4.79 Å². The van der Waals surface area contributed by atoms with Crippen LogP contribution in [-0.2, 0) is 0 Å². The standard InChI is InChI=1S/C22H26N6O/c1-15-23-20(14-21(24-15)28(4)5)25-17-9-11-18(12-10-17)26-22(29)16-7-6-8-19(13-16)27(2)3/h6-14H,1-5H3,(H,26,29)(H,23,24,25). The van der Waals surface area contributed by atoms with Crippen LogP contribution >= 0.6 is 0 Å². The Morgan fingerprint density at radius 1 is 0.862 bits per heavy atom. The van der Waals surface area contributed by atoms with Crippen LogP contribution in [-0.4, -0.2) is 44.1 Å². The Morgan fingerprint density at radius 2 is 1.55 bits per heavy atom. The fourth-order valence-corrected chi connectivity index (χ4v) is 2.76. The van der Waals surface area contributed by atoms with Gasteiger partial charge < -0.3 is 20.4 Å². The van der Waals surface area contributed by atoms with Gasteiger partial charge >= 0.3 is 0 Å². The van der Waals surface area contributed by atoms with Crippen molar-refractivity contribution in [1.29, 1.82) is 0 Å². The molecule has 0 aliphatic carbocycles. The van der Waals surface area contributed by atoms with Gasteiger partial charge in [0.15, 0.2) is 0 Å². The third-order valence-electron chi connectivity index (χ3n) is 4.32. The van der Waals surface area contributed by atoms with Gasteiger partial charge in [-0.2, -0.15) is 0 Å². The molecule has 0 saturated carbocycles. The zero-order valence-corrected chi connectivity index (χ0v) is 17.4. The maximum Gasteiger partial charge on any atom is 0.255 e. The maximum absolute atomic E-state index is 12.5. The molecule has 150 valence electrons. The number of anilines is 5. The SMILES string of the molecule is Cc1nc(Nc2ccc(NC(=O)c3cccc(N(C)C)c3)cc2)cc(N(C)C)n1. The van der Waals surface area contributed by atoms with Crippen molar-refractivity contribution < 1.29 is 4.79 Å². The molecular weight excluding hydrogens is 364 g/mol. The molecule has 3 aromatic rings. The number of hydrogen-bond donors (Lipinski definition) is 2. The molecule has 0 radical (unpaired) electrons. The van der Waals surface area contributed by atoms with E-state index < -0.39 is 0 Å². The third kappa shape index (κ3) is 5.22. The second-order valence-electron chi connectivity index (χ2n) is 7.15. The number of benzene rings is 2. The Balaban J connectivity index is 1.69. The highest BCUT2D eigenvalue weighted by Gasteiger charge is 2.08. The molecule has 1 amide bonds. The second-order valence-corrected chi connectivity index (χ2v) is 7.15. The van der Waals surface area contributed by atoms with E-state index in [1.807, 2.05) is 93.4 Å². The van der Waals surface area contributed by atoms with Gasteiger partial charge in [-0.05, 0) is 49.4 Å². The van der Waals surface area contributed by atoms with Gasteiger partial charge in [0.2, 0.25) is 0 Å². The number of nitrogens with one attached hydrogen (secondary N) is 2. The molecule has 1 heterocycles. The van der Waals surface area contributed by atoms with Crippen molar-refractivity contribution in [2.24, 2.45) is 0 Å². The summed E-state index contributed by atoms with van der Waals surface area (Å²) in [5.74, 6) is 2.11. The lowest BCUT2D eigenvalue weighted by Gasteiger charge is -2.14. The molecule has 7 nitrogen and oxygen atoms in total. The van der Waals surface area contributed by atoms with Crippen molar-refractivity contribution >= 4 is 34.6 Å². The van der Waals surface area contributed by atoms with Gasteiger partial charge in [0.25, 0.3) is 5.91 Å². The van der Waals surface area contributed by atoms with Gasteiger partial charge in [0, 0.05) is 56.9 Å². The summed E-state index contributed by atoms with van der Waals surface area (Å²) in [6.45, 7) is 1.86. The lowest BCUT2D eigenvalue weighted by Crippen LogP contribution is -2.14. The van der Waals surface area contributed by atoms with Crippen LogP contribution in [0.2, 0.25) is 0 Å². The van der Waals surface area contributed by atoms with E-state index in [2.05, 4.69) is 20.6 Å². The predicted molar refractivity (Wildman–Crippen MR) is 120 cm³/mol. The summed E-state index contributed by atoms with van der Waals surface area (Å²) >= 11 is 0. The molecule has 7 heteroatoms. The predicted octanol–water partition coefficient (Wildman–Crippen LogP) is 3.91. The average Bonchev–Trinajstić information content (AvgIpc) is 2.69. The van der Waals surface area contributed by atoms with Crippen molar-refractivity contribution in [1.82, 2.24) is 9.97 Å². The number of amides is 1. The highest BCUT2D eigenvalue weighted by atomic mass is 16.1. The number of carbonyl (C=O) groups excluding carboxylic acids is 1. The maximum atomic E-state index is 12.5. The fourth-order valence-electron chi connectivity index (χ4n) is 2.76. The summed E-state index contributed by atoms with van der Waals surface area (Å²) in [7, 11) is 7.78. The quantitative estimate of drug-likeness (QED) is 0.665. The van der Waals surface area contributed by atoms with Crippen molar-refractivity contribution in [2.45, 2.75) is 6.92 Å². The van der Waals surface area contributed by atoms with Crippen LogP contribution in [0.15, 0.2) is 54.6 Å². The van der Waals surface area contributed by atoms with Crippen molar-refractivity contribution in [3.8, 4) is 0 Å². The Bertz CT molecular complexity index is 998. The van der Waals surface area contributed by atoms with Gasteiger partial charge in [-0.1, -0.05) is 6.07 Å². The minimum atomic E-state index is -0.142. The zero-order chi connectivity index (χ0) is 21.0. The Morgan fingerprint density at radius 3 is 2.21 bits per heavy atom. The number of aryl methyl sites for hydroxylation is 1. The summed E-state index contributed by atoms with van der Waals surface area (Å²) in [6, 6.07) is 16.9. The number of aromatic nitrogens is 2. The van der Waals surface area contributed by atoms with E-state index in [4.69, 9.17) is 0 Å². The van der Waals surface area contributed by atoms with Gasteiger partial charge in [0.1, 0.15) is 17.5 Å². The molecule has 0 bridgehead atoms. The smallest absolute Gasteiger partial charge is 0.255 e. The van der Waals surface area contributed by atoms with Gasteiger partial charge in [0.05, 0.1) is 0 Å². The molecule has 0 saturated heterocycles. The molecule has 2 N–H and O–H groups in total. The van der Waals surface area contributed by atoms with Gasteiger partial charge in [-0.25, -0.2) is 9.97 Å². The minimum Gasteiger partial charge on any atom is -0.378 e. The van der Waals surface area contributed by atoms with Gasteiger partial charge in [-0.15, -0.1) is 0 Å². The monoisotopic (exact) mass is 390 g/mol. The summed E-state index contributed by atoms with van der Waals surface area (Å²) in [5, 5.41) is 6.21. The van der Waals surface area contributed by atoms with Crippen molar-refractivity contribution in [3.63, 3.8) is 0 Å². The minimum absolute atomic E-state index is 0.142. The molecule has 2 aromatic carbocycles. The summed E-state index contributed by atoms with van der Waals surface area (Å²) in [4.78, 5) is 25.3. The number of nitrogens with zero attached hydrogens (tertiary/aromatic N) is 4. The van der Waals surface area contributed by atoms with Crippen LogP contribution in [0.1, 0.15) is 16.2 Å². The van der Waals surface area contributed by atoms with E-state index in [0.29, 0.717) is 11.4 Å². The molecule has 1 aromatic heterocycles. The van der Waals surface area contributed by atoms with E-state index in [1.54, 1.807) is 6.07 Å². The molecule has 0 aliphatic rings. The highest BCUT2D eigenvalue weighted by Crippen LogP contribution is 2.21. The Labute approximate surface area is 171 Å². The lowest BCUT2D eigenvalue weighted by atomic mass is 10.1. The van der Waals surface area contributed by atoms with Crippen LogP contribution in [0.4, 0.5) is 28.7 Å². The van der Waals surface area contributed by atoms with Crippen molar-refractivity contribution in [2.75, 3.05) is 48.6 Å². The molecule has 0 aliphatic heterocycles. The Kier molecular flexibility index (Phi) is 5.97. The van der Waals surface area contributed by atoms with E-state index in [1.165, 1.54) is 0 Å². The lowest BCUT2D eigenvalue weighted by molar-refractivity contribution is 0.102. The van der Waals surface area contributed by atoms with Crippen LogP contribution in [0.5, 0.6) is 0 Å². The molecule has 29 heavy (non-hydrogen) atoms. The first-order valence-electron chi connectivity index (χ1n) is 9.30. The highest BCUT2D eigenvalue weighted by molar-refractivity contribution is 6.04. The normalized spacial score (nSPS) is 10.4. The van der Waals surface area contributed by atoms with E-state index in [-0.39, 0.29) is 5.91 Å². The van der Waals surface area contributed by atoms with Crippen LogP contribution in [0, 0.1) is 6.92 Å². The second kappa shape index (κ2) is 8.60. The number of rotatable bonds is 6. The van der Waals surface area contributed by atoms with Crippen LogP contribution in [0.3, 0.4) is 0 Å². The zero-order valence-electron chi connectivity index (χ0n) is 17.4. The number of carbonyl (C=O) groups is 1. The molecule has 0 unspecified atom stereocenters. The third-order valence-corrected chi connectivity index (χ3v) is 4.32. The first-order valence-corrected chi connectivity index (χ1v) is 9.30. The molecular formula is C22H26N6O. The van der Waals surface area contributed by atoms with Crippen LogP contribution < -0.4 is 20.4 Å². The van der Waals surface area contributed by atoms with Crippen molar-refractivity contribution in [3.05, 3.63) is 66.0 Å². The first kappa shape index (κ1) is 20.1. The molecule has 0 spiro atoms. The molecule has 0 fully saturated rings. The van der Waals surface area contributed by atoms with E-state index in [0.717, 1.165) is 28.7 Å². The topological polar surface area (TPSA) is 73.4 Å². The summed E-state index contributed by atoms with van der Waals surface area (Å²) in [5.41, 5.74) is 3.20. The first-order chi connectivity index (χ1) is 13.8. The van der Waals surface area contributed by atoms with Crippen LogP contribution in [0.25, 0.3) is 0 Å². The molecule has 0 atom stereocenters. The summed E-state index contributed by atoms with van der Waals surface area (Å²) < 4.78 is 0. The fraction of sp³-hybridized carbons (Fsp3) is 0.227. The largest absolute Gasteiger partial charge is 0.378 e. The average molecular weight is 390 g/mol. The van der Waals surface area contributed by atoms with E-state index in [9.17, 15) is 4.79 Å². The number of hydrogen-bond acceptors (Lipinski definition) is 6. The van der Waals surface area contributed by atoms with E-state index >= 15 is 0 Å². The summed E-state index contributed by atoms with van der Waals surface area (Å²) in [6.07, 6.45) is 0. The molecule has 3 rings (SSSR count).